The van der Waals surface area contributed by atoms with Crippen molar-refractivity contribution in [2.45, 2.75) is 147 Å². The summed E-state index contributed by atoms with van der Waals surface area (Å²) in [5, 5.41) is 7.47. The molecule has 6 amide bonds. The lowest BCUT2D eigenvalue weighted by Gasteiger charge is -2.20. The quantitative estimate of drug-likeness (QED) is 0.0620. The SMILES string of the molecule is CCCCCCCCCCCCCC(=O)NCCCC[C@H](N)C(=O)N[C@@H](CSC1CC(=O)N(CCC(=O)NCCC)C1=O)C(N)=O. The number of imide groups is 1. The summed E-state index contributed by atoms with van der Waals surface area (Å²) in [6.45, 7) is 5.20. The molecular weight excluding hydrogens is 608 g/mol. The van der Waals surface area contributed by atoms with Crippen LogP contribution in [-0.2, 0) is 28.8 Å². The van der Waals surface area contributed by atoms with Crippen LogP contribution in [-0.4, -0.2) is 83.1 Å². The van der Waals surface area contributed by atoms with Crippen molar-refractivity contribution in [1.82, 2.24) is 20.9 Å². The first-order chi connectivity index (χ1) is 22.1. The van der Waals surface area contributed by atoms with Crippen molar-refractivity contribution in [1.29, 1.82) is 0 Å². The zero-order valence-corrected chi connectivity index (χ0v) is 29.1. The summed E-state index contributed by atoms with van der Waals surface area (Å²) < 4.78 is 0. The Morgan fingerprint density at radius 2 is 1.39 bits per heavy atom. The van der Waals surface area contributed by atoms with Crippen molar-refractivity contribution >= 4 is 47.2 Å². The van der Waals surface area contributed by atoms with E-state index in [1.54, 1.807) is 0 Å². The number of rotatable bonds is 28. The van der Waals surface area contributed by atoms with E-state index in [0.717, 1.165) is 35.9 Å². The molecule has 1 heterocycles. The number of amides is 6. The summed E-state index contributed by atoms with van der Waals surface area (Å²) in [7, 11) is 0. The van der Waals surface area contributed by atoms with E-state index in [1.165, 1.54) is 57.8 Å². The van der Waals surface area contributed by atoms with Crippen molar-refractivity contribution in [3.63, 3.8) is 0 Å². The molecule has 1 fully saturated rings. The van der Waals surface area contributed by atoms with E-state index in [-0.39, 0.29) is 42.9 Å². The van der Waals surface area contributed by atoms with Crippen molar-refractivity contribution < 1.29 is 28.8 Å². The highest BCUT2D eigenvalue weighted by Gasteiger charge is 2.39. The fourth-order valence-electron chi connectivity index (χ4n) is 5.16. The van der Waals surface area contributed by atoms with Gasteiger partial charge in [-0.25, -0.2) is 0 Å². The maximum absolute atomic E-state index is 12.7. The smallest absolute Gasteiger partial charge is 0.242 e. The van der Waals surface area contributed by atoms with Crippen LogP contribution >= 0.6 is 11.8 Å². The zero-order valence-electron chi connectivity index (χ0n) is 28.2. The van der Waals surface area contributed by atoms with E-state index in [4.69, 9.17) is 11.5 Å². The van der Waals surface area contributed by atoms with Crippen molar-refractivity contribution in [3.8, 4) is 0 Å². The van der Waals surface area contributed by atoms with Crippen LogP contribution in [0.4, 0.5) is 0 Å². The molecule has 1 aliphatic rings. The molecular formula is C33H60N6O6S. The lowest BCUT2D eigenvalue weighted by molar-refractivity contribution is -0.138. The molecule has 0 spiro atoms. The maximum Gasteiger partial charge on any atom is 0.242 e. The van der Waals surface area contributed by atoms with Crippen LogP contribution in [0.3, 0.4) is 0 Å². The van der Waals surface area contributed by atoms with Gasteiger partial charge in [-0.05, 0) is 32.1 Å². The van der Waals surface area contributed by atoms with Crippen LogP contribution < -0.4 is 27.4 Å². The van der Waals surface area contributed by atoms with Crippen LogP contribution in [0.2, 0.25) is 0 Å². The van der Waals surface area contributed by atoms with Gasteiger partial charge in [-0.1, -0.05) is 78.1 Å². The number of nitrogens with zero attached hydrogens (tertiary/aromatic N) is 1. The Morgan fingerprint density at radius 1 is 0.804 bits per heavy atom. The summed E-state index contributed by atoms with van der Waals surface area (Å²) >= 11 is 1.07. The van der Waals surface area contributed by atoms with Crippen LogP contribution in [0.25, 0.3) is 0 Å². The van der Waals surface area contributed by atoms with Crippen molar-refractivity contribution in [2.24, 2.45) is 11.5 Å². The van der Waals surface area contributed by atoms with Crippen LogP contribution in [0.5, 0.6) is 0 Å². The van der Waals surface area contributed by atoms with Gasteiger partial charge in [-0.3, -0.25) is 33.7 Å². The number of likely N-dealkylation sites (tertiary alicyclic amines) is 1. The Morgan fingerprint density at radius 3 is 2.00 bits per heavy atom. The normalized spacial score (nSPS) is 15.9. The average molecular weight is 669 g/mol. The van der Waals surface area contributed by atoms with Gasteiger partial charge >= 0.3 is 0 Å². The van der Waals surface area contributed by atoms with E-state index in [1.807, 2.05) is 6.92 Å². The highest BCUT2D eigenvalue weighted by molar-refractivity contribution is 8.00. The molecule has 12 nitrogen and oxygen atoms in total. The second-order valence-electron chi connectivity index (χ2n) is 12.2. The molecule has 264 valence electrons. The van der Waals surface area contributed by atoms with Crippen LogP contribution in [0.1, 0.15) is 129 Å². The number of thioether (sulfide) groups is 1. The fraction of sp³-hybridized carbons (Fsp3) is 0.818. The van der Waals surface area contributed by atoms with Gasteiger partial charge in [0, 0.05) is 44.6 Å². The van der Waals surface area contributed by atoms with Gasteiger partial charge in [-0.2, -0.15) is 0 Å². The van der Waals surface area contributed by atoms with E-state index in [9.17, 15) is 28.8 Å². The van der Waals surface area contributed by atoms with Gasteiger partial charge in [0.1, 0.15) is 6.04 Å². The van der Waals surface area contributed by atoms with Gasteiger partial charge in [0.05, 0.1) is 11.3 Å². The molecule has 3 atom stereocenters. The van der Waals surface area contributed by atoms with Crippen molar-refractivity contribution in [3.05, 3.63) is 0 Å². The number of primary amides is 1. The molecule has 1 saturated heterocycles. The third kappa shape index (κ3) is 18.5. The van der Waals surface area contributed by atoms with Crippen molar-refractivity contribution in [2.75, 3.05) is 25.4 Å². The second-order valence-corrected chi connectivity index (χ2v) is 13.4. The lowest BCUT2D eigenvalue weighted by atomic mass is 10.1. The van der Waals surface area contributed by atoms with E-state index >= 15 is 0 Å². The number of unbranched alkanes of at least 4 members (excludes halogenated alkanes) is 11. The number of carbonyl (C=O) groups excluding carboxylic acids is 6. The molecule has 1 unspecified atom stereocenters. The molecule has 0 aromatic carbocycles. The monoisotopic (exact) mass is 668 g/mol. The molecule has 0 aromatic heterocycles. The molecule has 0 radical (unpaired) electrons. The van der Waals surface area contributed by atoms with Gasteiger partial charge in [0.15, 0.2) is 0 Å². The topological polar surface area (TPSA) is 194 Å². The van der Waals surface area contributed by atoms with Crippen LogP contribution in [0, 0.1) is 0 Å². The van der Waals surface area contributed by atoms with E-state index in [2.05, 4.69) is 22.9 Å². The summed E-state index contributed by atoms with van der Waals surface area (Å²) in [6, 6.07) is -1.92. The Kier molecular flexibility index (Phi) is 22.9. The molecule has 46 heavy (non-hydrogen) atoms. The number of nitrogens with two attached hydrogens (primary N) is 2. The van der Waals surface area contributed by atoms with Gasteiger partial charge in [-0.15, -0.1) is 11.8 Å². The molecule has 7 N–H and O–H groups in total. The Labute approximate surface area is 280 Å². The Bertz CT molecular complexity index is 952. The van der Waals surface area contributed by atoms with Gasteiger partial charge < -0.3 is 27.4 Å². The Hall–Kier alpha value is -2.67. The minimum absolute atomic E-state index is 0.00179. The minimum atomic E-state index is -1.06. The summed E-state index contributed by atoms with van der Waals surface area (Å²) in [5.74, 6) is -2.27. The highest BCUT2D eigenvalue weighted by Crippen LogP contribution is 2.26. The first kappa shape index (κ1) is 41.4. The average Bonchev–Trinajstić information content (AvgIpc) is 3.30. The Balaban J connectivity index is 2.21. The highest BCUT2D eigenvalue weighted by atomic mass is 32.2. The number of nitrogens with one attached hydrogen (secondary N) is 3. The predicted molar refractivity (Wildman–Crippen MR) is 183 cm³/mol. The maximum atomic E-state index is 12.7. The predicted octanol–water partition coefficient (Wildman–Crippen LogP) is 3.05. The van der Waals surface area contributed by atoms with E-state index in [0.29, 0.717) is 38.8 Å². The molecule has 0 aromatic rings. The third-order valence-electron chi connectivity index (χ3n) is 8.07. The molecule has 0 bridgehead atoms. The minimum Gasteiger partial charge on any atom is -0.368 e. The molecule has 0 saturated carbocycles. The summed E-state index contributed by atoms with van der Waals surface area (Å²) in [6.07, 6.45) is 16.6. The summed E-state index contributed by atoms with van der Waals surface area (Å²) in [5.41, 5.74) is 11.5. The van der Waals surface area contributed by atoms with Crippen LogP contribution in [0.15, 0.2) is 0 Å². The van der Waals surface area contributed by atoms with E-state index < -0.39 is 35.1 Å². The molecule has 13 heteroatoms. The molecule has 1 aliphatic heterocycles. The van der Waals surface area contributed by atoms with Gasteiger partial charge in [0.25, 0.3) is 0 Å². The number of carbonyl (C=O) groups is 6. The lowest BCUT2D eigenvalue weighted by Crippen LogP contribution is -2.51. The van der Waals surface area contributed by atoms with Gasteiger partial charge in [0.2, 0.25) is 35.4 Å². The first-order valence-corrected chi connectivity index (χ1v) is 18.5. The number of hydrogen-bond donors (Lipinski definition) is 5. The molecule has 0 aliphatic carbocycles. The third-order valence-corrected chi connectivity index (χ3v) is 9.37. The number of hydrogen-bond acceptors (Lipinski definition) is 8. The first-order valence-electron chi connectivity index (χ1n) is 17.4. The molecule has 1 rings (SSSR count). The fourth-order valence-corrected chi connectivity index (χ4v) is 6.36. The second kappa shape index (κ2) is 25.4. The zero-order chi connectivity index (χ0) is 34.2. The standard InChI is InChI=1S/C33H60N6O6S/c1-3-5-6-7-8-9-10-11-12-13-14-18-28(40)37-21-16-15-17-25(34)32(44)38-26(31(35)43)24-46-27-23-30(42)39(33(27)45)22-19-29(41)36-20-4-2/h25-27H,3-24,34H2,1-2H3,(H2,35,43)(H,36,41)(H,37,40)(H,38,44)/t25-,26-,27?/m0/s1. The summed E-state index contributed by atoms with van der Waals surface area (Å²) in [4.78, 5) is 74.7. The largest absolute Gasteiger partial charge is 0.368 e.